The molecule has 1 fully saturated rings. The van der Waals surface area contributed by atoms with Crippen molar-refractivity contribution in [1.29, 1.82) is 0 Å². The van der Waals surface area contributed by atoms with Crippen LogP contribution < -0.4 is 5.32 Å². The number of aliphatic hydroxyl groups excluding tert-OH is 1. The fraction of sp³-hybridized carbons (Fsp3) is 0.647. The SMILES string of the molecule is CC(NCC(O)COC1CCCCC1)c1ccc(Cl)cc1.Cl. The molecule has 2 unspecified atom stereocenters. The first kappa shape index (κ1) is 19.7. The number of hydrogen-bond acceptors (Lipinski definition) is 3. The van der Waals surface area contributed by atoms with Crippen LogP contribution in [0.1, 0.15) is 50.6 Å². The van der Waals surface area contributed by atoms with Crippen LogP contribution in [-0.2, 0) is 4.74 Å². The maximum absolute atomic E-state index is 10.0. The lowest BCUT2D eigenvalue weighted by Crippen LogP contribution is -2.33. The standard InChI is InChI=1S/C17H26ClNO2.ClH/c1-13(14-7-9-15(18)10-8-14)19-11-16(20)12-21-17-5-3-2-4-6-17;/h7-10,13,16-17,19-20H,2-6,11-12H2,1H3;1H. The summed E-state index contributed by atoms with van der Waals surface area (Å²) in [7, 11) is 0. The molecular weight excluding hydrogens is 321 g/mol. The van der Waals surface area contributed by atoms with Crippen LogP contribution in [0.4, 0.5) is 0 Å². The van der Waals surface area contributed by atoms with Gasteiger partial charge in [0.1, 0.15) is 0 Å². The van der Waals surface area contributed by atoms with Gasteiger partial charge in [-0.15, -0.1) is 12.4 Å². The molecule has 0 aromatic heterocycles. The summed E-state index contributed by atoms with van der Waals surface area (Å²) in [5, 5.41) is 14.1. The highest BCUT2D eigenvalue weighted by Crippen LogP contribution is 2.20. The Kier molecular flexibility index (Phi) is 9.37. The largest absolute Gasteiger partial charge is 0.389 e. The van der Waals surface area contributed by atoms with E-state index in [2.05, 4.69) is 12.2 Å². The molecule has 1 aromatic carbocycles. The van der Waals surface area contributed by atoms with Crippen LogP contribution >= 0.6 is 24.0 Å². The maximum atomic E-state index is 10.0. The zero-order valence-electron chi connectivity index (χ0n) is 13.1. The number of nitrogens with one attached hydrogen (secondary N) is 1. The fourth-order valence-electron chi connectivity index (χ4n) is 2.72. The number of rotatable bonds is 7. The van der Waals surface area contributed by atoms with Crippen LogP contribution in [0.2, 0.25) is 5.02 Å². The lowest BCUT2D eigenvalue weighted by Gasteiger charge is -2.24. The van der Waals surface area contributed by atoms with E-state index in [4.69, 9.17) is 16.3 Å². The minimum absolute atomic E-state index is 0. The van der Waals surface area contributed by atoms with Gasteiger partial charge in [-0.25, -0.2) is 0 Å². The van der Waals surface area contributed by atoms with Crippen molar-refractivity contribution in [3.8, 4) is 0 Å². The molecule has 0 saturated heterocycles. The van der Waals surface area contributed by atoms with Gasteiger partial charge < -0.3 is 15.2 Å². The Morgan fingerprint density at radius 3 is 2.50 bits per heavy atom. The fourth-order valence-corrected chi connectivity index (χ4v) is 2.85. The third-order valence-electron chi connectivity index (χ3n) is 4.11. The Labute approximate surface area is 144 Å². The molecule has 0 bridgehead atoms. The van der Waals surface area contributed by atoms with Crippen molar-refractivity contribution in [3.05, 3.63) is 34.9 Å². The highest BCUT2D eigenvalue weighted by Gasteiger charge is 2.16. The minimum Gasteiger partial charge on any atom is -0.389 e. The molecule has 1 aliphatic carbocycles. The van der Waals surface area contributed by atoms with Gasteiger partial charge in [-0.3, -0.25) is 0 Å². The van der Waals surface area contributed by atoms with Crippen LogP contribution in [0.5, 0.6) is 0 Å². The second-order valence-electron chi connectivity index (χ2n) is 5.93. The smallest absolute Gasteiger partial charge is 0.0898 e. The van der Waals surface area contributed by atoms with Crippen LogP contribution in [0, 0.1) is 0 Å². The quantitative estimate of drug-likeness (QED) is 0.779. The van der Waals surface area contributed by atoms with Crippen molar-refractivity contribution in [1.82, 2.24) is 5.32 Å². The molecule has 5 heteroatoms. The highest BCUT2D eigenvalue weighted by molar-refractivity contribution is 6.30. The van der Waals surface area contributed by atoms with Gasteiger partial charge >= 0.3 is 0 Å². The Balaban J connectivity index is 0.00000242. The minimum atomic E-state index is -0.457. The van der Waals surface area contributed by atoms with Crippen LogP contribution in [0.15, 0.2) is 24.3 Å². The molecule has 126 valence electrons. The van der Waals surface area contributed by atoms with Gasteiger partial charge in [0.15, 0.2) is 0 Å². The van der Waals surface area contributed by atoms with E-state index < -0.39 is 6.10 Å². The molecule has 0 heterocycles. The number of aliphatic hydroxyl groups is 1. The van der Waals surface area contributed by atoms with Gasteiger partial charge in [-0.05, 0) is 37.5 Å². The van der Waals surface area contributed by atoms with Crippen molar-refractivity contribution in [3.63, 3.8) is 0 Å². The number of hydrogen-bond donors (Lipinski definition) is 2. The molecule has 0 spiro atoms. The molecular formula is C17H27Cl2NO2. The molecule has 0 amide bonds. The molecule has 1 saturated carbocycles. The third-order valence-corrected chi connectivity index (χ3v) is 4.36. The van der Waals surface area contributed by atoms with Crippen LogP contribution in [0.3, 0.4) is 0 Å². The number of benzene rings is 1. The van der Waals surface area contributed by atoms with Crippen molar-refractivity contribution in [2.75, 3.05) is 13.2 Å². The molecule has 1 aromatic rings. The first-order valence-corrected chi connectivity index (χ1v) is 8.31. The van der Waals surface area contributed by atoms with Crippen molar-refractivity contribution in [2.45, 2.75) is 57.3 Å². The van der Waals surface area contributed by atoms with Gasteiger partial charge in [-0.2, -0.15) is 0 Å². The summed E-state index contributed by atoms with van der Waals surface area (Å²) in [5.41, 5.74) is 1.17. The van der Waals surface area contributed by atoms with Gasteiger partial charge in [0.2, 0.25) is 0 Å². The zero-order valence-corrected chi connectivity index (χ0v) is 14.7. The molecule has 3 nitrogen and oxygen atoms in total. The van der Waals surface area contributed by atoms with E-state index in [1.165, 1.54) is 24.8 Å². The molecule has 2 N–H and O–H groups in total. The summed E-state index contributed by atoms with van der Waals surface area (Å²) in [6.45, 7) is 3.04. The van der Waals surface area contributed by atoms with Gasteiger partial charge in [0, 0.05) is 17.6 Å². The molecule has 22 heavy (non-hydrogen) atoms. The Bertz CT molecular complexity index is 408. The molecule has 2 atom stereocenters. The van der Waals surface area contributed by atoms with Gasteiger partial charge in [0.05, 0.1) is 18.8 Å². The highest BCUT2D eigenvalue weighted by atomic mass is 35.5. The average molecular weight is 348 g/mol. The predicted molar refractivity (Wildman–Crippen MR) is 93.9 cm³/mol. The first-order chi connectivity index (χ1) is 10.1. The van der Waals surface area contributed by atoms with E-state index in [0.29, 0.717) is 19.3 Å². The number of ether oxygens (including phenoxy) is 1. The van der Waals surface area contributed by atoms with E-state index in [1.807, 2.05) is 24.3 Å². The Morgan fingerprint density at radius 2 is 1.86 bits per heavy atom. The predicted octanol–water partition coefficient (Wildman–Crippen LogP) is 4.12. The van der Waals surface area contributed by atoms with Crippen molar-refractivity contribution >= 4 is 24.0 Å². The summed E-state index contributed by atoms with van der Waals surface area (Å²) in [6, 6.07) is 7.97. The lowest BCUT2D eigenvalue weighted by molar-refractivity contribution is -0.0235. The third kappa shape index (κ3) is 6.84. The average Bonchev–Trinajstić information content (AvgIpc) is 2.52. The summed E-state index contributed by atoms with van der Waals surface area (Å²) < 4.78 is 5.79. The van der Waals surface area contributed by atoms with Gasteiger partial charge in [-0.1, -0.05) is 43.0 Å². The summed E-state index contributed by atoms with van der Waals surface area (Å²) >= 11 is 5.88. The lowest BCUT2D eigenvalue weighted by atomic mass is 9.98. The Hall–Kier alpha value is -0.320. The second kappa shape index (κ2) is 10.5. The van der Waals surface area contributed by atoms with Crippen molar-refractivity contribution in [2.24, 2.45) is 0 Å². The van der Waals surface area contributed by atoms with Crippen LogP contribution in [-0.4, -0.2) is 30.5 Å². The molecule has 1 aliphatic rings. The normalized spacial score (nSPS) is 18.5. The topological polar surface area (TPSA) is 41.5 Å². The van der Waals surface area contributed by atoms with Gasteiger partial charge in [0.25, 0.3) is 0 Å². The van der Waals surface area contributed by atoms with E-state index in [0.717, 1.165) is 17.9 Å². The van der Waals surface area contributed by atoms with E-state index in [-0.39, 0.29) is 18.4 Å². The van der Waals surface area contributed by atoms with Crippen LogP contribution in [0.25, 0.3) is 0 Å². The summed E-state index contributed by atoms with van der Waals surface area (Å²) in [6.07, 6.45) is 6.01. The zero-order chi connectivity index (χ0) is 15.1. The maximum Gasteiger partial charge on any atom is 0.0898 e. The van der Waals surface area contributed by atoms with E-state index in [9.17, 15) is 5.11 Å². The number of halogens is 2. The summed E-state index contributed by atoms with van der Waals surface area (Å²) in [4.78, 5) is 0. The molecule has 0 aliphatic heterocycles. The second-order valence-corrected chi connectivity index (χ2v) is 6.37. The van der Waals surface area contributed by atoms with E-state index >= 15 is 0 Å². The molecule has 0 radical (unpaired) electrons. The van der Waals surface area contributed by atoms with Crippen molar-refractivity contribution < 1.29 is 9.84 Å². The Morgan fingerprint density at radius 1 is 1.23 bits per heavy atom. The first-order valence-electron chi connectivity index (χ1n) is 7.93. The molecule has 2 rings (SSSR count). The van der Waals surface area contributed by atoms with E-state index in [1.54, 1.807) is 0 Å². The summed E-state index contributed by atoms with van der Waals surface area (Å²) in [5.74, 6) is 0. The monoisotopic (exact) mass is 347 g/mol.